The molecule has 1 aromatic rings. The first-order valence-corrected chi connectivity index (χ1v) is 8.51. The molecule has 2 aliphatic rings. The van der Waals surface area contributed by atoms with Gasteiger partial charge in [-0.25, -0.2) is 0 Å². The molecule has 116 valence electrons. The van der Waals surface area contributed by atoms with Crippen molar-refractivity contribution >= 4 is 5.69 Å². The molecule has 0 spiro atoms. The Labute approximate surface area is 129 Å². The molecular formula is C18H29N3. The number of pyridine rings is 1. The Bertz CT molecular complexity index is 497. The van der Waals surface area contributed by atoms with Crippen LogP contribution in [0.1, 0.15) is 44.5 Å². The summed E-state index contributed by atoms with van der Waals surface area (Å²) in [5.41, 5.74) is 3.66. The van der Waals surface area contributed by atoms with Crippen molar-refractivity contribution in [1.82, 2.24) is 9.88 Å². The molecular weight excluding hydrogens is 258 g/mol. The maximum Gasteiger partial charge on any atom is 0.0609 e. The quantitative estimate of drug-likeness (QED) is 0.831. The topological polar surface area (TPSA) is 19.4 Å². The van der Waals surface area contributed by atoms with E-state index in [1.165, 1.54) is 50.3 Å². The summed E-state index contributed by atoms with van der Waals surface area (Å²) in [7, 11) is 0. The SMILES string of the molecule is Cc1ccc(N2CC3CCCCN3CC2C(C)C)c(C)n1. The fraction of sp³-hybridized carbons (Fsp3) is 0.722. The smallest absolute Gasteiger partial charge is 0.0609 e. The monoisotopic (exact) mass is 287 g/mol. The molecule has 2 atom stereocenters. The molecule has 0 bridgehead atoms. The molecule has 3 heteroatoms. The second kappa shape index (κ2) is 5.96. The first-order valence-electron chi connectivity index (χ1n) is 8.51. The molecule has 3 nitrogen and oxygen atoms in total. The van der Waals surface area contributed by atoms with Gasteiger partial charge in [0.1, 0.15) is 0 Å². The molecule has 2 aliphatic heterocycles. The van der Waals surface area contributed by atoms with Crippen LogP contribution in [0.2, 0.25) is 0 Å². The summed E-state index contributed by atoms with van der Waals surface area (Å²) in [5, 5.41) is 0. The molecule has 21 heavy (non-hydrogen) atoms. The van der Waals surface area contributed by atoms with Crippen molar-refractivity contribution in [2.75, 3.05) is 24.5 Å². The number of rotatable bonds is 2. The normalized spacial score (nSPS) is 27.0. The molecule has 2 unspecified atom stereocenters. The number of hydrogen-bond acceptors (Lipinski definition) is 3. The maximum absolute atomic E-state index is 4.69. The second-order valence-corrected chi connectivity index (χ2v) is 7.17. The fourth-order valence-corrected chi connectivity index (χ4v) is 4.04. The Balaban J connectivity index is 1.90. The van der Waals surface area contributed by atoms with Gasteiger partial charge in [-0.3, -0.25) is 9.88 Å². The minimum Gasteiger partial charge on any atom is -0.364 e. The van der Waals surface area contributed by atoms with Crippen molar-refractivity contribution in [2.24, 2.45) is 5.92 Å². The van der Waals surface area contributed by atoms with E-state index < -0.39 is 0 Å². The number of piperidine rings is 1. The van der Waals surface area contributed by atoms with Gasteiger partial charge in [0, 0.05) is 30.9 Å². The summed E-state index contributed by atoms with van der Waals surface area (Å²) < 4.78 is 0. The zero-order valence-electron chi connectivity index (χ0n) is 14.0. The number of aromatic nitrogens is 1. The molecule has 0 N–H and O–H groups in total. The van der Waals surface area contributed by atoms with Gasteiger partial charge in [0.25, 0.3) is 0 Å². The highest BCUT2D eigenvalue weighted by molar-refractivity contribution is 5.52. The van der Waals surface area contributed by atoms with Crippen LogP contribution in [0.25, 0.3) is 0 Å². The highest BCUT2D eigenvalue weighted by Gasteiger charge is 2.36. The molecule has 0 saturated carbocycles. The predicted octanol–water partition coefficient (Wildman–Crippen LogP) is 3.40. The van der Waals surface area contributed by atoms with E-state index >= 15 is 0 Å². The summed E-state index contributed by atoms with van der Waals surface area (Å²) in [6.45, 7) is 12.7. The van der Waals surface area contributed by atoms with Crippen molar-refractivity contribution in [3.8, 4) is 0 Å². The largest absolute Gasteiger partial charge is 0.364 e. The highest BCUT2D eigenvalue weighted by Crippen LogP contribution is 2.32. The predicted molar refractivity (Wildman–Crippen MR) is 88.9 cm³/mol. The summed E-state index contributed by atoms with van der Waals surface area (Å²) in [6, 6.07) is 5.80. The molecule has 3 heterocycles. The molecule has 0 aliphatic carbocycles. The lowest BCUT2D eigenvalue weighted by atomic mass is 9.91. The van der Waals surface area contributed by atoms with E-state index in [-0.39, 0.29) is 0 Å². The van der Waals surface area contributed by atoms with Crippen LogP contribution in [-0.2, 0) is 0 Å². The molecule has 1 aromatic heterocycles. The van der Waals surface area contributed by atoms with Crippen LogP contribution in [0.5, 0.6) is 0 Å². The Hall–Kier alpha value is -1.09. The average Bonchev–Trinajstić information content (AvgIpc) is 2.46. The van der Waals surface area contributed by atoms with Crippen molar-refractivity contribution in [3.05, 3.63) is 23.5 Å². The maximum atomic E-state index is 4.69. The van der Waals surface area contributed by atoms with Gasteiger partial charge < -0.3 is 4.90 Å². The number of hydrogen-bond donors (Lipinski definition) is 0. The van der Waals surface area contributed by atoms with Crippen LogP contribution in [0.15, 0.2) is 12.1 Å². The van der Waals surface area contributed by atoms with Crippen LogP contribution in [0.4, 0.5) is 5.69 Å². The summed E-state index contributed by atoms with van der Waals surface area (Å²) in [6.07, 6.45) is 4.14. The summed E-state index contributed by atoms with van der Waals surface area (Å²) >= 11 is 0. The van der Waals surface area contributed by atoms with Gasteiger partial charge in [0.15, 0.2) is 0 Å². The Morgan fingerprint density at radius 3 is 2.67 bits per heavy atom. The van der Waals surface area contributed by atoms with Gasteiger partial charge >= 0.3 is 0 Å². The summed E-state index contributed by atoms with van der Waals surface area (Å²) in [4.78, 5) is 10.1. The van der Waals surface area contributed by atoms with E-state index in [0.717, 1.165) is 11.7 Å². The molecule has 0 amide bonds. The number of anilines is 1. The van der Waals surface area contributed by atoms with Gasteiger partial charge in [-0.15, -0.1) is 0 Å². The summed E-state index contributed by atoms with van der Waals surface area (Å²) in [5.74, 6) is 0.675. The third kappa shape index (κ3) is 2.94. The third-order valence-electron chi connectivity index (χ3n) is 5.25. The molecule has 2 saturated heterocycles. The van der Waals surface area contributed by atoms with Crippen LogP contribution >= 0.6 is 0 Å². The fourth-order valence-electron chi connectivity index (χ4n) is 4.04. The average molecular weight is 287 g/mol. The Kier molecular flexibility index (Phi) is 4.21. The number of fused-ring (bicyclic) bond motifs is 1. The van der Waals surface area contributed by atoms with Crippen molar-refractivity contribution < 1.29 is 0 Å². The number of piperazine rings is 1. The minimum absolute atomic E-state index is 0.613. The van der Waals surface area contributed by atoms with E-state index in [0.29, 0.717) is 12.0 Å². The zero-order chi connectivity index (χ0) is 15.0. The van der Waals surface area contributed by atoms with Crippen molar-refractivity contribution in [1.29, 1.82) is 0 Å². The van der Waals surface area contributed by atoms with E-state index in [4.69, 9.17) is 4.98 Å². The molecule has 0 aromatic carbocycles. The second-order valence-electron chi connectivity index (χ2n) is 7.17. The van der Waals surface area contributed by atoms with Crippen LogP contribution in [0, 0.1) is 19.8 Å². The van der Waals surface area contributed by atoms with Gasteiger partial charge in [-0.2, -0.15) is 0 Å². The van der Waals surface area contributed by atoms with Crippen LogP contribution in [-0.4, -0.2) is 41.6 Å². The lowest BCUT2D eigenvalue weighted by Gasteiger charge is -2.51. The van der Waals surface area contributed by atoms with Gasteiger partial charge in [0.05, 0.1) is 11.4 Å². The lowest BCUT2D eigenvalue weighted by Crippen LogP contribution is -2.61. The van der Waals surface area contributed by atoms with Crippen molar-refractivity contribution in [2.45, 2.75) is 59.0 Å². The molecule has 3 rings (SSSR count). The molecule has 2 fully saturated rings. The van der Waals surface area contributed by atoms with Gasteiger partial charge in [-0.05, 0) is 51.3 Å². The van der Waals surface area contributed by atoms with Crippen molar-refractivity contribution in [3.63, 3.8) is 0 Å². The van der Waals surface area contributed by atoms with E-state index in [1.54, 1.807) is 0 Å². The van der Waals surface area contributed by atoms with E-state index in [9.17, 15) is 0 Å². The molecule has 0 radical (unpaired) electrons. The van der Waals surface area contributed by atoms with Crippen LogP contribution in [0.3, 0.4) is 0 Å². The number of aryl methyl sites for hydroxylation is 2. The van der Waals surface area contributed by atoms with E-state index in [1.807, 2.05) is 0 Å². The first kappa shape index (κ1) is 14.8. The van der Waals surface area contributed by atoms with Crippen LogP contribution < -0.4 is 4.90 Å². The Morgan fingerprint density at radius 1 is 1.14 bits per heavy atom. The zero-order valence-corrected chi connectivity index (χ0v) is 14.0. The minimum atomic E-state index is 0.613. The first-order chi connectivity index (χ1) is 10.1. The lowest BCUT2D eigenvalue weighted by molar-refractivity contribution is 0.100. The van der Waals surface area contributed by atoms with Gasteiger partial charge in [-0.1, -0.05) is 20.3 Å². The number of nitrogens with zero attached hydrogens (tertiary/aromatic N) is 3. The highest BCUT2D eigenvalue weighted by atomic mass is 15.3. The van der Waals surface area contributed by atoms with Gasteiger partial charge in [0.2, 0.25) is 0 Å². The standard InChI is InChI=1S/C18H29N3/c1-13(2)18-12-20-10-6-5-7-16(20)11-21(18)17-9-8-14(3)19-15(17)4/h8-9,13,16,18H,5-7,10-12H2,1-4H3. The third-order valence-corrected chi connectivity index (χ3v) is 5.25. The van der Waals surface area contributed by atoms with E-state index in [2.05, 4.69) is 49.6 Å². The Morgan fingerprint density at radius 2 is 1.95 bits per heavy atom.